The number of aromatic nitrogens is 3. The Morgan fingerprint density at radius 3 is 2.56 bits per heavy atom. The monoisotopic (exact) mass is 251 g/mol. The summed E-state index contributed by atoms with van der Waals surface area (Å²) in [7, 11) is 0. The van der Waals surface area contributed by atoms with Gasteiger partial charge in [-0.25, -0.2) is 9.48 Å². The first-order valence-electron chi connectivity index (χ1n) is 6.85. The van der Waals surface area contributed by atoms with Crippen LogP contribution < -0.4 is 0 Å². The third kappa shape index (κ3) is 2.40. The van der Waals surface area contributed by atoms with Gasteiger partial charge in [0.05, 0.1) is 18.3 Å². The number of carbonyl (C=O) groups is 1. The van der Waals surface area contributed by atoms with E-state index in [9.17, 15) is 4.79 Å². The van der Waals surface area contributed by atoms with E-state index in [1.807, 2.05) is 4.68 Å². The lowest BCUT2D eigenvalue weighted by Crippen LogP contribution is -2.14. The first kappa shape index (κ1) is 13.1. The maximum Gasteiger partial charge on any atom is 0.360 e. The molecular formula is C13H21N3O2. The molecule has 1 heterocycles. The topological polar surface area (TPSA) is 57.0 Å². The quantitative estimate of drug-likeness (QED) is 0.729. The molecule has 100 valence electrons. The smallest absolute Gasteiger partial charge is 0.360 e. The Hall–Kier alpha value is -1.39. The van der Waals surface area contributed by atoms with Crippen molar-refractivity contribution >= 4 is 5.97 Å². The standard InChI is InChI=1S/C13H21N3O2/c1-4-10(5-2)16-12(9-7-8-9)11(14-15-16)13(17)18-6-3/h9-10H,4-8H2,1-3H3. The van der Waals surface area contributed by atoms with Gasteiger partial charge in [-0.2, -0.15) is 0 Å². The van der Waals surface area contributed by atoms with E-state index in [0.717, 1.165) is 31.4 Å². The highest BCUT2D eigenvalue weighted by molar-refractivity contribution is 5.88. The summed E-state index contributed by atoms with van der Waals surface area (Å²) in [5, 5.41) is 8.24. The van der Waals surface area contributed by atoms with E-state index in [1.54, 1.807) is 6.92 Å². The molecule has 0 aliphatic heterocycles. The van der Waals surface area contributed by atoms with E-state index >= 15 is 0 Å². The zero-order valence-corrected chi connectivity index (χ0v) is 11.3. The fourth-order valence-corrected chi connectivity index (χ4v) is 2.29. The maximum absolute atomic E-state index is 11.9. The van der Waals surface area contributed by atoms with Gasteiger partial charge in [-0.3, -0.25) is 0 Å². The fourth-order valence-electron chi connectivity index (χ4n) is 2.29. The van der Waals surface area contributed by atoms with Crippen LogP contribution in [0.5, 0.6) is 0 Å². The van der Waals surface area contributed by atoms with Gasteiger partial charge >= 0.3 is 5.97 Å². The van der Waals surface area contributed by atoms with Crippen molar-refractivity contribution in [3.63, 3.8) is 0 Å². The summed E-state index contributed by atoms with van der Waals surface area (Å²) in [6.45, 7) is 6.45. The molecule has 0 atom stereocenters. The zero-order chi connectivity index (χ0) is 13.1. The molecule has 0 saturated heterocycles. The van der Waals surface area contributed by atoms with E-state index < -0.39 is 0 Å². The molecule has 1 aliphatic rings. The Bertz CT molecular complexity index is 420. The summed E-state index contributed by atoms with van der Waals surface area (Å²) >= 11 is 0. The van der Waals surface area contributed by atoms with Gasteiger partial charge in [0.2, 0.25) is 0 Å². The van der Waals surface area contributed by atoms with Gasteiger partial charge in [0.15, 0.2) is 5.69 Å². The molecule has 1 saturated carbocycles. The molecule has 5 heteroatoms. The second-order valence-corrected chi connectivity index (χ2v) is 4.73. The van der Waals surface area contributed by atoms with Crippen molar-refractivity contribution in [2.24, 2.45) is 0 Å². The molecule has 0 spiro atoms. The Balaban J connectivity index is 2.34. The molecule has 0 aromatic carbocycles. The van der Waals surface area contributed by atoms with Crippen molar-refractivity contribution in [3.05, 3.63) is 11.4 Å². The first-order valence-corrected chi connectivity index (χ1v) is 6.85. The summed E-state index contributed by atoms with van der Waals surface area (Å²) in [5.74, 6) is 0.108. The van der Waals surface area contributed by atoms with Crippen molar-refractivity contribution in [1.82, 2.24) is 15.0 Å². The molecule has 1 aliphatic carbocycles. The van der Waals surface area contributed by atoms with Crippen molar-refractivity contribution < 1.29 is 9.53 Å². The van der Waals surface area contributed by atoms with Crippen LogP contribution in [-0.4, -0.2) is 27.6 Å². The van der Waals surface area contributed by atoms with E-state index in [1.165, 1.54) is 0 Å². The van der Waals surface area contributed by atoms with Crippen LogP contribution in [0.25, 0.3) is 0 Å². The van der Waals surface area contributed by atoms with Crippen LogP contribution in [0.3, 0.4) is 0 Å². The maximum atomic E-state index is 11.9. The van der Waals surface area contributed by atoms with Crippen molar-refractivity contribution in [2.45, 2.75) is 58.4 Å². The number of carbonyl (C=O) groups excluding carboxylic acids is 1. The summed E-state index contributed by atoms with van der Waals surface area (Å²) in [6.07, 6.45) is 4.25. The molecule has 0 N–H and O–H groups in total. The number of nitrogens with zero attached hydrogens (tertiary/aromatic N) is 3. The van der Waals surface area contributed by atoms with Crippen LogP contribution in [0.2, 0.25) is 0 Å². The average molecular weight is 251 g/mol. The highest BCUT2D eigenvalue weighted by Crippen LogP contribution is 2.42. The fraction of sp³-hybridized carbons (Fsp3) is 0.769. The third-order valence-corrected chi connectivity index (χ3v) is 3.45. The number of rotatable bonds is 6. The molecule has 1 aromatic heterocycles. The lowest BCUT2D eigenvalue weighted by Gasteiger charge is -2.15. The van der Waals surface area contributed by atoms with Crippen LogP contribution in [-0.2, 0) is 4.74 Å². The number of esters is 1. The molecule has 5 nitrogen and oxygen atoms in total. The second-order valence-electron chi connectivity index (χ2n) is 4.73. The number of hydrogen-bond acceptors (Lipinski definition) is 4. The third-order valence-electron chi connectivity index (χ3n) is 3.45. The minimum absolute atomic E-state index is 0.330. The predicted molar refractivity (Wildman–Crippen MR) is 67.6 cm³/mol. The van der Waals surface area contributed by atoms with Gasteiger partial charge < -0.3 is 4.74 Å². The minimum Gasteiger partial charge on any atom is -0.461 e. The van der Waals surface area contributed by atoms with Gasteiger partial charge in [0, 0.05) is 5.92 Å². The van der Waals surface area contributed by atoms with Crippen LogP contribution in [0.15, 0.2) is 0 Å². The molecule has 0 radical (unpaired) electrons. The van der Waals surface area contributed by atoms with Gasteiger partial charge in [-0.15, -0.1) is 5.10 Å². The molecule has 0 amide bonds. The summed E-state index contributed by atoms with van der Waals surface area (Å²) < 4.78 is 7.00. The van der Waals surface area contributed by atoms with Crippen molar-refractivity contribution in [3.8, 4) is 0 Å². The molecule has 1 fully saturated rings. The van der Waals surface area contributed by atoms with E-state index in [-0.39, 0.29) is 5.97 Å². The van der Waals surface area contributed by atoms with Crippen LogP contribution in [0, 0.1) is 0 Å². The lowest BCUT2D eigenvalue weighted by atomic mass is 10.1. The van der Waals surface area contributed by atoms with Crippen LogP contribution >= 0.6 is 0 Å². The lowest BCUT2D eigenvalue weighted by molar-refractivity contribution is 0.0518. The molecule has 0 bridgehead atoms. The van der Waals surface area contributed by atoms with Crippen molar-refractivity contribution in [1.29, 1.82) is 0 Å². The molecule has 2 rings (SSSR count). The summed E-state index contributed by atoms with van der Waals surface area (Å²) in [6, 6.07) is 0.330. The average Bonchev–Trinajstić information content (AvgIpc) is 3.11. The second kappa shape index (κ2) is 5.50. The normalized spacial score (nSPS) is 15.1. The van der Waals surface area contributed by atoms with E-state index in [4.69, 9.17) is 4.74 Å². The molecule has 1 aromatic rings. The Morgan fingerprint density at radius 1 is 1.39 bits per heavy atom. The Labute approximate surface area is 108 Å². The zero-order valence-electron chi connectivity index (χ0n) is 11.3. The molecular weight excluding hydrogens is 230 g/mol. The van der Waals surface area contributed by atoms with Gasteiger partial charge in [0.25, 0.3) is 0 Å². The summed E-state index contributed by atoms with van der Waals surface area (Å²) in [4.78, 5) is 11.9. The number of hydrogen-bond donors (Lipinski definition) is 0. The summed E-state index contributed by atoms with van der Waals surface area (Å²) in [5.41, 5.74) is 1.41. The van der Waals surface area contributed by atoms with E-state index in [2.05, 4.69) is 24.2 Å². The predicted octanol–water partition coefficient (Wildman–Crippen LogP) is 2.69. The van der Waals surface area contributed by atoms with Crippen molar-refractivity contribution in [2.75, 3.05) is 6.61 Å². The molecule has 0 unspecified atom stereocenters. The first-order chi connectivity index (χ1) is 8.72. The van der Waals surface area contributed by atoms with E-state index in [0.29, 0.717) is 24.3 Å². The Kier molecular flexibility index (Phi) is 3.99. The van der Waals surface area contributed by atoms with Gasteiger partial charge in [0.1, 0.15) is 0 Å². The SMILES string of the molecule is CCOC(=O)c1nnn(C(CC)CC)c1C1CC1. The van der Waals surface area contributed by atoms with Crippen LogP contribution in [0.1, 0.15) is 74.6 Å². The molecule has 18 heavy (non-hydrogen) atoms. The van der Waals surface area contributed by atoms with Crippen LogP contribution in [0.4, 0.5) is 0 Å². The highest BCUT2D eigenvalue weighted by atomic mass is 16.5. The highest BCUT2D eigenvalue weighted by Gasteiger charge is 2.35. The largest absolute Gasteiger partial charge is 0.461 e. The Morgan fingerprint density at radius 2 is 2.06 bits per heavy atom. The van der Waals surface area contributed by atoms with Gasteiger partial charge in [-0.1, -0.05) is 19.1 Å². The van der Waals surface area contributed by atoms with Gasteiger partial charge in [-0.05, 0) is 32.6 Å². The number of ether oxygens (including phenoxy) is 1. The minimum atomic E-state index is -0.336.